The van der Waals surface area contributed by atoms with Crippen molar-refractivity contribution < 1.29 is 0 Å². The maximum Gasteiger partial charge on any atom is 0.0954 e. The number of unbranched alkanes of at least 4 members (excludes halogenated alkanes) is 2. The maximum absolute atomic E-state index is 4.50. The molecule has 0 spiro atoms. The summed E-state index contributed by atoms with van der Waals surface area (Å²) in [7, 11) is 0. The van der Waals surface area contributed by atoms with Crippen LogP contribution in [0.25, 0.3) is 0 Å². The number of aliphatic imine (C=N–C) groups is 1. The zero-order valence-electron chi connectivity index (χ0n) is 8.12. The predicted octanol–water partition coefficient (Wildman–Crippen LogP) is 3.49. The molecule has 0 N–H and O–H groups in total. The summed E-state index contributed by atoms with van der Waals surface area (Å²) in [5.41, 5.74) is 0. The van der Waals surface area contributed by atoms with Crippen LogP contribution in [0.1, 0.15) is 46.0 Å². The molecule has 0 aliphatic carbocycles. The van der Waals surface area contributed by atoms with Crippen molar-refractivity contribution in [3.05, 3.63) is 0 Å². The fourth-order valence-corrected chi connectivity index (χ4v) is 2.56. The Morgan fingerprint density at radius 3 is 2.75 bits per heavy atom. The van der Waals surface area contributed by atoms with Gasteiger partial charge in [-0.05, 0) is 12.8 Å². The SMILES string of the molecule is CCCCCC1N=CC(CC)S1. The molecule has 2 atom stereocenters. The first-order chi connectivity index (χ1) is 5.86. The molecule has 0 saturated heterocycles. The molecular formula is C10H19NS. The monoisotopic (exact) mass is 185 g/mol. The van der Waals surface area contributed by atoms with Gasteiger partial charge in [0.25, 0.3) is 0 Å². The second kappa shape index (κ2) is 5.63. The molecule has 0 fully saturated rings. The highest BCUT2D eigenvalue weighted by Crippen LogP contribution is 2.29. The van der Waals surface area contributed by atoms with Crippen LogP contribution < -0.4 is 0 Å². The Morgan fingerprint density at radius 2 is 2.17 bits per heavy atom. The topological polar surface area (TPSA) is 12.4 Å². The zero-order chi connectivity index (χ0) is 8.81. The molecule has 1 nitrogen and oxygen atoms in total. The summed E-state index contributed by atoms with van der Waals surface area (Å²) in [4.78, 5) is 4.50. The number of thioether (sulfide) groups is 1. The summed E-state index contributed by atoms with van der Waals surface area (Å²) in [6.45, 7) is 4.48. The number of hydrogen-bond acceptors (Lipinski definition) is 2. The van der Waals surface area contributed by atoms with Gasteiger partial charge in [0.05, 0.1) is 5.37 Å². The fraction of sp³-hybridized carbons (Fsp3) is 0.900. The van der Waals surface area contributed by atoms with Crippen molar-refractivity contribution in [1.29, 1.82) is 0 Å². The molecular weight excluding hydrogens is 166 g/mol. The van der Waals surface area contributed by atoms with E-state index in [9.17, 15) is 0 Å². The van der Waals surface area contributed by atoms with Gasteiger partial charge >= 0.3 is 0 Å². The molecule has 0 saturated carbocycles. The van der Waals surface area contributed by atoms with Crippen LogP contribution in [0.3, 0.4) is 0 Å². The number of nitrogens with zero attached hydrogens (tertiary/aromatic N) is 1. The first kappa shape index (κ1) is 10.1. The molecule has 0 aromatic carbocycles. The van der Waals surface area contributed by atoms with Crippen LogP contribution >= 0.6 is 11.8 Å². The quantitative estimate of drug-likeness (QED) is 0.597. The molecule has 0 radical (unpaired) electrons. The molecule has 0 amide bonds. The van der Waals surface area contributed by atoms with Crippen molar-refractivity contribution in [3.8, 4) is 0 Å². The van der Waals surface area contributed by atoms with Crippen molar-refractivity contribution in [1.82, 2.24) is 0 Å². The fourth-order valence-electron chi connectivity index (χ4n) is 1.38. The third kappa shape index (κ3) is 3.18. The highest BCUT2D eigenvalue weighted by atomic mass is 32.2. The van der Waals surface area contributed by atoms with E-state index in [2.05, 4.69) is 25.1 Å². The minimum absolute atomic E-state index is 0.585. The maximum atomic E-state index is 4.50. The summed E-state index contributed by atoms with van der Waals surface area (Å²) < 4.78 is 0. The van der Waals surface area contributed by atoms with Gasteiger partial charge in [0.2, 0.25) is 0 Å². The van der Waals surface area contributed by atoms with Crippen molar-refractivity contribution in [2.45, 2.75) is 56.6 Å². The largest absolute Gasteiger partial charge is 0.282 e. The average molecular weight is 185 g/mol. The lowest BCUT2D eigenvalue weighted by atomic mass is 10.2. The Hall–Kier alpha value is 0.0200. The normalized spacial score (nSPS) is 28.2. The summed E-state index contributed by atoms with van der Waals surface area (Å²) in [6.07, 6.45) is 8.69. The average Bonchev–Trinajstić information content (AvgIpc) is 2.53. The molecule has 1 heterocycles. The molecule has 0 aromatic heterocycles. The molecule has 0 aromatic rings. The second-order valence-electron chi connectivity index (χ2n) is 3.33. The molecule has 70 valence electrons. The van der Waals surface area contributed by atoms with E-state index in [1.54, 1.807) is 0 Å². The van der Waals surface area contributed by atoms with E-state index < -0.39 is 0 Å². The Kier molecular flexibility index (Phi) is 4.74. The van der Waals surface area contributed by atoms with E-state index in [0.717, 1.165) is 0 Å². The molecule has 2 unspecified atom stereocenters. The van der Waals surface area contributed by atoms with E-state index in [1.807, 2.05) is 11.8 Å². The molecule has 1 aliphatic heterocycles. The van der Waals surface area contributed by atoms with Gasteiger partial charge in [0.1, 0.15) is 0 Å². The highest BCUT2D eigenvalue weighted by Gasteiger charge is 2.18. The van der Waals surface area contributed by atoms with Gasteiger partial charge in [-0.1, -0.05) is 33.1 Å². The first-order valence-electron chi connectivity index (χ1n) is 5.05. The number of hydrogen-bond donors (Lipinski definition) is 0. The summed E-state index contributed by atoms with van der Waals surface area (Å²) >= 11 is 2.04. The van der Waals surface area contributed by atoms with Crippen LogP contribution in [-0.2, 0) is 0 Å². The van der Waals surface area contributed by atoms with E-state index in [-0.39, 0.29) is 0 Å². The lowest BCUT2D eigenvalue weighted by Crippen LogP contribution is -1.99. The van der Waals surface area contributed by atoms with Crippen molar-refractivity contribution >= 4 is 18.0 Å². The molecule has 2 heteroatoms. The van der Waals surface area contributed by atoms with Gasteiger partial charge in [0.15, 0.2) is 0 Å². The molecule has 1 rings (SSSR count). The predicted molar refractivity (Wildman–Crippen MR) is 58.1 cm³/mol. The summed E-state index contributed by atoms with van der Waals surface area (Å²) in [5.74, 6) is 0. The minimum atomic E-state index is 0.585. The lowest BCUT2D eigenvalue weighted by molar-refractivity contribution is 0.659. The summed E-state index contributed by atoms with van der Waals surface area (Å²) in [5, 5.41) is 1.29. The molecule has 12 heavy (non-hydrogen) atoms. The van der Waals surface area contributed by atoms with Crippen molar-refractivity contribution in [2.75, 3.05) is 0 Å². The third-order valence-corrected chi connectivity index (χ3v) is 3.68. The first-order valence-corrected chi connectivity index (χ1v) is 5.99. The number of rotatable bonds is 5. The smallest absolute Gasteiger partial charge is 0.0954 e. The third-order valence-electron chi connectivity index (χ3n) is 2.21. The van der Waals surface area contributed by atoms with Crippen LogP contribution in [-0.4, -0.2) is 16.8 Å². The molecule has 1 aliphatic rings. The highest BCUT2D eigenvalue weighted by molar-refractivity contribution is 8.01. The van der Waals surface area contributed by atoms with Crippen LogP contribution in [0.2, 0.25) is 0 Å². The van der Waals surface area contributed by atoms with Gasteiger partial charge in [-0.3, -0.25) is 4.99 Å². The van der Waals surface area contributed by atoms with Gasteiger partial charge in [-0.15, -0.1) is 11.8 Å². The van der Waals surface area contributed by atoms with Gasteiger partial charge in [-0.2, -0.15) is 0 Å². The Bertz CT molecular complexity index is 145. The van der Waals surface area contributed by atoms with E-state index in [1.165, 1.54) is 32.1 Å². The van der Waals surface area contributed by atoms with Gasteiger partial charge < -0.3 is 0 Å². The zero-order valence-corrected chi connectivity index (χ0v) is 8.94. The minimum Gasteiger partial charge on any atom is -0.282 e. The van der Waals surface area contributed by atoms with Crippen LogP contribution in [0.15, 0.2) is 4.99 Å². The lowest BCUT2D eigenvalue weighted by Gasteiger charge is -2.07. The Morgan fingerprint density at radius 1 is 1.33 bits per heavy atom. The standard InChI is InChI=1S/C10H19NS/c1-3-5-6-7-10-11-8-9(4-2)12-10/h8-10H,3-7H2,1-2H3. The van der Waals surface area contributed by atoms with E-state index in [4.69, 9.17) is 0 Å². The van der Waals surface area contributed by atoms with Crippen molar-refractivity contribution in [2.24, 2.45) is 4.99 Å². The van der Waals surface area contributed by atoms with Crippen LogP contribution in [0.5, 0.6) is 0 Å². The Balaban J connectivity index is 2.08. The molecule has 0 bridgehead atoms. The van der Waals surface area contributed by atoms with Gasteiger partial charge in [0, 0.05) is 11.5 Å². The summed E-state index contributed by atoms with van der Waals surface area (Å²) in [6, 6.07) is 0. The van der Waals surface area contributed by atoms with Gasteiger partial charge in [-0.25, -0.2) is 0 Å². The van der Waals surface area contributed by atoms with E-state index in [0.29, 0.717) is 10.6 Å². The van der Waals surface area contributed by atoms with E-state index >= 15 is 0 Å². The van der Waals surface area contributed by atoms with Crippen LogP contribution in [0.4, 0.5) is 0 Å². The van der Waals surface area contributed by atoms with Crippen molar-refractivity contribution in [3.63, 3.8) is 0 Å². The Labute approximate surface area is 80.0 Å². The van der Waals surface area contributed by atoms with Crippen LogP contribution in [0, 0.1) is 0 Å². The second-order valence-corrected chi connectivity index (χ2v) is 4.75.